The van der Waals surface area contributed by atoms with Crippen LogP contribution in [-0.4, -0.2) is 27.5 Å². The van der Waals surface area contributed by atoms with Gasteiger partial charge < -0.3 is 4.74 Å². The van der Waals surface area contributed by atoms with E-state index in [-0.39, 0.29) is 11.3 Å². The van der Waals surface area contributed by atoms with E-state index in [2.05, 4.69) is 20.7 Å². The fourth-order valence-corrected chi connectivity index (χ4v) is 3.84. The van der Waals surface area contributed by atoms with E-state index in [1.54, 1.807) is 12.1 Å². The van der Waals surface area contributed by atoms with E-state index >= 15 is 0 Å². The van der Waals surface area contributed by atoms with Gasteiger partial charge in [0.2, 0.25) is 10.0 Å². The van der Waals surface area contributed by atoms with Crippen LogP contribution in [-0.2, 0) is 26.0 Å². The highest BCUT2D eigenvalue weighted by Crippen LogP contribution is 2.17. The van der Waals surface area contributed by atoms with E-state index in [9.17, 15) is 13.2 Å². The number of ether oxygens (including phenoxy) is 1. The van der Waals surface area contributed by atoms with Gasteiger partial charge in [0.05, 0.1) is 12.0 Å². The molecule has 7 heteroatoms. The Hall–Kier alpha value is -1.70. The Balaban J connectivity index is 2.25. The van der Waals surface area contributed by atoms with Crippen molar-refractivity contribution in [1.29, 1.82) is 0 Å². The van der Waals surface area contributed by atoms with Crippen LogP contribution in [0.1, 0.15) is 5.56 Å². The Morgan fingerprint density at radius 3 is 2.48 bits per heavy atom. The lowest BCUT2D eigenvalue weighted by molar-refractivity contribution is -0.142. The van der Waals surface area contributed by atoms with Gasteiger partial charge in [0.1, 0.15) is 6.04 Å². The van der Waals surface area contributed by atoms with Crippen molar-refractivity contribution in [3.05, 3.63) is 64.6 Å². The molecule has 0 bridgehead atoms. The topological polar surface area (TPSA) is 72.5 Å². The largest absolute Gasteiger partial charge is 0.468 e. The predicted molar refractivity (Wildman–Crippen MR) is 90.4 cm³/mol. The Kier molecular flexibility index (Phi) is 5.92. The Bertz CT molecular complexity index is 778. The summed E-state index contributed by atoms with van der Waals surface area (Å²) in [5.41, 5.74) is 0.833. The second-order valence-electron chi connectivity index (χ2n) is 4.84. The summed E-state index contributed by atoms with van der Waals surface area (Å²) in [6.45, 7) is 0. The third-order valence-corrected chi connectivity index (χ3v) is 5.13. The van der Waals surface area contributed by atoms with Gasteiger partial charge in [-0.3, -0.25) is 4.79 Å². The van der Waals surface area contributed by atoms with Crippen molar-refractivity contribution in [1.82, 2.24) is 4.72 Å². The van der Waals surface area contributed by atoms with Crippen molar-refractivity contribution in [2.24, 2.45) is 0 Å². The maximum atomic E-state index is 12.5. The maximum absolute atomic E-state index is 12.5. The van der Waals surface area contributed by atoms with Crippen LogP contribution >= 0.6 is 15.9 Å². The van der Waals surface area contributed by atoms with E-state index in [0.29, 0.717) is 4.47 Å². The number of benzene rings is 2. The van der Waals surface area contributed by atoms with Crippen LogP contribution < -0.4 is 4.72 Å². The molecule has 0 aliphatic heterocycles. The van der Waals surface area contributed by atoms with Gasteiger partial charge in [-0.05, 0) is 30.2 Å². The molecule has 0 aliphatic carbocycles. The number of nitrogens with one attached hydrogen (secondary N) is 1. The number of rotatable bonds is 6. The first kappa shape index (κ1) is 17.7. The molecule has 1 N–H and O–H groups in total. The second kappa shape index (κ2) is 7.72. The summed E-state index contributed by atoms with van der Waals surface area (Å²) in [7, 11) is -2.61. The van der Waals surface area contributed by atoms with Gasteiger partial charge in [-0.25, -0.2) is 8.42 Å². The zero-order valence-corrected chi connectivity index (χ0v) is 14.8. The summed E-state index contributed by atoms with van der Waals surface area (Å²) in [4.78, 5) is 12.0. The van der Waals surface area contributed by atoms with Crippen LogP contribution in [0.25, 0.3) is 0 Å². The van der Waals surface area contributed by atoms with Gasteiger partial charge >= 0.3 is 5.97 Å². The van der Waals surface area contributed by atoms with Crippen molar-refractivity contribution in [3.8, 4) is 0 Å². The number of esters is 1. The van der Waals surface area contributed by atoms with Crippen LogP contribution in [0, 0.1) is 0 Å². The number of carbonyl (C=O) groups excluding carboxylic acids is 1. The lowest BCUT2D eigenvalue weighted by Gasteiger charge is -2.17. The number of carbonyl (C=O) groups is 1. The SMILES string of the molecule is COC(=O)[C@H](Cc1ccccc1)NS(=O)(=O)c1cccc(Br)c1. The molecule has 1 atom stereocenters. The summed E-state index contributed by atoms with van der Waals surface area (Å²) < 4.78 is 32.7. The summed E-state index contributed by atoms with van der Waals surface area (Å²) in [6.07, 6.45) is 0.209. The molecule has 2 aromatic carbocycles. The highest BCUT2D eigenvalue weighted by Gasteiger charge is 2.26. The standard InChI is InChI=1S/C16H16BrNO4S/c1-22-16(19)15(10-12-6-3-2-4-7-12)18-23(20,21)14-9-5-8-13(17)11-14/h2-9,11,15,18H,10H2,1H3/t15-/m0/s1. The first-order valence-electron chi connectivity index (χ1n) is 6.82. The van der Waals surface area contributed by atoms with E-state index in [1.165, 1.54) is 19.2 Å². The Morgan fingerprint density at radius 2 is 1.87 bits per heavy atom. The van der Waals surface area contributed by atoms with Crippen molar-refractivity contribution in [2.45, 2.75) is 17.4 Å². The van der Waals surface area contributed by atoms with Gasteiger partial charge in [-0.15, -0.1) is 0 Å². The van der Waals surface area contributed by atoms with Gasteiger partial charge in [0.15, 0.2) is 0 Å². The van der Waals surface area contributed by atoms with Crippen LogP contribution in [0.4, 0.5) is 0 Å². The van der Waals surface area contributed by atoms with Crippen molar-refractivity contribution in [3.63, 3.8) is 0 Å². The van der Waals surface area contributed by atoms with Crippen LogP contribution in [0.3, 0.4) is 0 Å². The molecule has 0 spiro atoms. The van der Waals surface area contributed by atoms with Gasteiger partial charge in [-0.1, -0.05) is 52.3 Å². The third kappa shape index (κ3) is 4.89. The second-order valence-corrected chi connectivity index (χ2v) is 7.47. The summed E-state index contributed by atoms with van der Waals surface area (Å²) in [5, 5.41) is 0. The number of hydrogen-bond donors (Lipinski definition) is 1. The molecule has 0 amide bonds. The molecule has 0 radical (unpaired) electrons. The lowest BCUT2D eigenvalue weighted by atomic mass is 10.1. The summed E-state index contributed by atoms with van der Waals surface area (Å²) in [5.74, 6) is -0.632. The monoisotopic (exact) mass is 397 g/mol. The predicted octanol–water partition coefficient (Wildman–Crippen LogP) is 2.51. The maximum Gasteiger partial charge on any atom is 0.324 e. The van der Waals surface area contributed by atoms with E-state index < -0.39 is 22.0 Å². The molecule has 2 rings (SSSR count). The Morgan fingerprint density at radius 1 is 1.17 bits per heavy atom. The fraction of sp³-hybridized carbons (Fsp3) is 0.188. The molecule has 0 fully saturated rings. The normalized spacial score (nSPS) is 12.6. The zero-order valence-electron chi connectivity index (χ0n) is 12.4. The van der Waals surface area contributed by atoms with Gasteiger partial charge in [0.25, 0.3) is 0 Å². The van der Waals surface area contributed by atoms with Crippen molar-refractivity contribution in [2.75, 3.05) is 7.11 Å². The molecule has 0 saturated heterocycles. The quantitative estimate of drug-likeness (QED) is 0.760. The number of methoxy groups -OCH3 is 1. The number of sulfonamides is 1. The van der Waals surface area contributed by atoms with Crippen LogP contribution in [0.15, 0.2) is 64.0 Å². The molecule has 23 heavy (non-hydrogen) atoms. The van der Waals surface area contributed by atoms with E-state index in [4.69, 9.17) is 4.74 Å². The molecular weight excluding hydrogens is 382 g/mol. The fourth-order valence-electron chi connectivity index (χ4n) is 2.05. The minimum atomic E-state index is -3.84. The molecule has 122 valence electrons. The van der Waals surface area contributed by atoms with E-state index in [1.807, 2.05) is 30.3 Å². The molecule has 2 aromatic rings. The zero-order chi connectivity index (χ0) is 16.9. The van der Waals surface area contributed by atoms with Gasteiger partial charge in [0, 0.05) is 4.47 Å². The molecule has 0 aliphatic rings. The minimum absolute atomic E-state index is 0.0776. The molecule has 0 unspecified atom stereocenters. The van der Waals surface area contributed by atoms with Crippen molar-refractivity contribution >= 4 is 31.9 Å². The number of hydrogen-bond acceptors (Lipinski definition) is 4. The highest BCUT2D eigenvalue weighted by molar-refractivity contribution is 9.10. The van der Waals surface area contributed by atoms with E-state index in [0.717, 1.165) is 5.56 Å². The molecule has 0 heterocycles. The molecule has 0 saturated carbocycles. The first-order chi connectivity index (χ1) is 10.9. The average Bonchev–Trinajstić information content (AvgIpc) is 2.54. The van der Waals surface area contributed by atoms with Crippen LogP contribution in [0.5, 0.6) is 0 Å². The minimum Gasteiger partial charge on any atom is -0.468 e. The van der Waals surface area contributed by atoms with Gasteiger partial charge in [-0.2, -0.15) is 4.72 Å². The van der Waals surface area contributed by atoms with Crippen molar-refractivity contribution < 1.29 is 17.9 Å². The lowest BCUT2D eigenvalue weighted by Crippen LogP contribution is -2.42. The summed E-state index contributed by atoms with van der Waals surface area (Å²) in [6, 6.07) is 14.4. The molecule has 5 nitrogen and oxygen atoms in total. The smallest absolute Gasteiger partial charge is 0.324 e. The third-order valence-electron chi connectivity index (χ3n) is 3.17. The summed E-state index contributed by atoms with van der Waals surface area (Å²) >= 11 is 3.23. The average molecular weight is 398 g/mol. The Labute approximate surface area is 143 Å². The molecular formula is C16H16BrNO4S. The highest BCUT2D eigenvalue weighted by atomic mass is 79.9. The first-order valence-corrected chi connectivity index (χ1v) is 9.09. The number of halogens is 1. The van der Waals surface area contributed by atoms with Crippen LogP contribution in [0.2, 0.25) is 0 Å². The molecule has 0 aromatic heterocycles.